The lowest BCUT2D eigenvalue weighted by molar-refractivity contribution is 0.379. The molecule has 22 heavy (non-hydrogen) atoms. The molecular formula is C13H21N3O4S2. The van der Waals surface area contributed by atoms with Crippen LogP contribution in [0.5, 0.6) is 0 Å². The first kappa shape index (κ1) is 17.4. The zero-order valence-electron chi connectivity index (χ0n) is 12.6. The molecular weight excluding hydrogens is 326 g/mol. The van der Waals surface area contributed by atoms with Crippen molar-refractivity contribution < 1.29 is 16.8 Å². The Morgan fingerprint density at radius 1 is 1.09 bits per heavy atom. The lowest BCUT2D eigenvalue weighted by Gasteiger charge is -2.24. The van der Waals surface area contributed by atoms with Gasteiger partial charge < -0.3 is 5.32 Å². The van der Waals surface area contributed by atoms with Gasteiger partial charge in [-0.05, 0) is 51.2 Å². The number of benzene rings is 1. The molecule has 1 atom stereocenters. The van der Waals surface area contributed by atoms with Crippen molar-refractivity contribution in [2.45, 2.75) is 28.7 Å². The number of likely N-dealkylation sites (N-methyl/N-ethyl adjacent to an activating group) is 1. The van der Waals surface area contributed by atoms with Crippen molar-refractivity contribution in [1.29, 1.82) is 0 Å². The van der Waals surface area contributed by atoms with Crippen LogP contribution in [0.2, 0.25) is 0 Å². The van der Waals surface area contributed by atoms with E-state index in [0.29, 0.717) is 13.1 Å². The quantitative estimate of drug-likeness (QED) is 0.753. The molecule has 0 radical (unpaired) electrons. The van der Waals surface area contributed by atoms with Gasteiger partial charge in [0.15, 0.2) is 0 Å². The van der Waals surface area contributed by atoms with Gasteiger partial charge >= 0.3 is 0 Å². The molecule has 1 aliphatic heterocycles. The maximum Gasteiger partial charge on any atom is 0.243 e. The molecule has 1 unspecified atom stereocenters. The summed E-state index contributed by atoms with van der Waals surface area (Å²) in [7, 11) is -4.06. The summed E-state index contributed by atoms with van der Waals surface area (Å²) in [6.07, 6.45) is 1.66. The highest BCUT2D eigenvalue weighted by Gasteiger charge is 2.34. The van der Waals surface area contributed by atoms with E-state index in [2.05, 4.69) is 10.0 Å². The van der Waals surface area contributed by atoms with Crippen LogP contribution in [-0.2, 0) is 20.0 Å². The second-order valence-corrected chi connectivity index (χ2v) is 8.93. The molecule has 7 nitrogen and oxygen atoms in total. The minimum atomic E-state index is -3.60. The molecule has 0 saturated carbocycles. The molecule has 9 heteroatoms. The highest BCUT2D eigenvalue weighted by atomic mass is 32.2. The topological polar surface area (TPSA) is 95.6 Å². The monoisotopic (exact) mass is 347 g/mol. The Labute approximate surface area is 131 Å². The number of rotatable bonds is 6. The zero-order valence-corrected chi connectivity index (χ0v) is 14.2. The van der Waals surface area contributed by atoms with Gasteiger partial charge in [-0.1, -0.05) is 0 Å². The third-order valence-corrected chi connectivity index (χ3v) is 7.17. The third-order valence-electron chi connectivity index (χ3n) is 3.77. The largest absolute Gasteiger partial charge is 0.318 e. The summed E-state index contributed by atoms with van der Waals surface area (Å²) in [5, 5.41) is 3.01. The Balaban J connectivity index is 2.30. The molecule has 1 heterocycles. The molecule has 1 aromatic carbocycles. The number of hydrogen-bond acceptors (Lipinski definition) is 5. The van der Waals surface area contributed by atoms with Crippen LogP contribution in [0, 0.1) is 0 Å². The van der Waals surface area contributed by atoms with E-state index in [9.17, 15) is 16.8 Å². The lowest BCUT2D eigenvalue weighted by Crippen LogP contribution is -2.40. The molecule has 2 N–H and O–H groups in total. The van der Waals surface area contributed by atoms with Crippen LogP contribution in [0.1, 0.15) is 12.8 Å². The number of hydrogen-bond donors (Lipinski definition) is 2. The Kier molecular flexibility index (Phi) is 5.23. The van der Waals surface area contributed by atoms with Gasteiger partial charge in [0.25, 0.3) is 0 Å². The predicted octanol–water partition coefficient (Wildman–Crippen LogP) is -0.0328. The minimum absolute atomic E-state index is 0.0437. The molecule has 0 spiro atoms. The minimum Gasteiger partial charge on any atom is -0.318 e. The van der Waals surface area contributed by atoms with E-state index >= 15 is 0 Å². The van der Waals surface area contributed by atoms with Crippen LogP contribution < -0.4 is 10.0 Å². The molecule has 1 aliphatic rings. The Morgan fingerprint density at radius 3 is 2.23 bits per heavy atom. The fourth-order valence-electron chi connectivity index (χ4n) is 2.61. The SMILES string of the molecule is CNCC1CCCN1S(=O)(=O)c1ccc(S(=O)(=O)NC)cc1. The van der Waals surface area contributed by atoms with Crippen LogP contribution in [-0.4, -0.2) is 54.4 Å². The summed E-state index contributed by atoms with van der Waals surface area (Å²) < 4.78 is 52.4. The Bertz CT molecular complexity index is 714. The first-order valence-corrected chi connectivity index (χ1v) is 9.95. The van der Waals surface area contributed by atoms with Gasteiger partial charge in [0, 0.05) is 19.1 Å². The number of nitrogens with one attached hydrogen (secondary N) is 2. The first-order chi connectivity index (χ1) is 10.3. The molecule has 1 aromatic rings. The Hall–Kier alpha value is -1.00. The van der Waals surface area contributed by atoms with Crippen LogP contribution in [0.25, 0.3) is 0 Å². The van der Waals surface area contributed by atoms with Crippen molar-refractivity contribution in [2.24, 2.45) is 0 Å². The van der Waals surface area contributed by atoms with E-state index in [0.717, 1.165) is 12.8 Å². The smallest absolute Gasteiger partial charge is 0.243 e. The van der Waals surface area contributed by atoms with E-state index in [4.69, 9.17) is 0 Å². The molecule has 0 aliphatic carbocycles. The van der Waals surface area contributed by atoms with Gasteiger partial charge in [0.2, 0.25) is 20.0 Å². The zero-order chi connectivity index (χ0) is 16.4. The van der Waals surface area contributed by atoms with E-state index in [1.54, 1.807) is 7.05 Å². The number of sulfonamides is 2. The van der Waals surface area contributed by atoms with Crippen molar-refractivity contribution in [3.05, 3.63) is 24.3 Å². The van der Waals surface area contributed by atoms with Crippen LogP contribution in [0.15, 0.2) is 34.1 Å². The maximum atomic E-state index is 12.7. The van der Waals surface area contributed by atoms with Gasteiger partial charge in [-0.2, -0.15) is 4.31 Å². The second-order valence-electron chi connectivity index (χ2n) is 5.15. The van der Waals surface area contributed by atoms with Gasteiger partial charge in [-0.15, -0.1) is 0 Å². The van der Waals surface area contributed by atoms with Gasteiger partial charge in [-0.25, -0.2) is 21.6 Å². The van der Waals surface area contributed by atoms with Crippen molar-refractivity contribution in [3.63, 3.8) is 0 Å². The van der Waals surface area contributed by atoms with Crippen LogP contribution >= 0.6 is 0 Å². The summed E-state index contributed by atoms with van der Waals surface area (Å²) in [5.74, 6) is 0. The molecule has 0 amide bonds. The van der Waals surface area contributed by atoms with Crippen LogP contribution in [0.4, 0.5) is 0 Å². The van der Waals surface area contributed by atoms with Crippen LogP contribution in [0.3, 0.4) is 0 Å². The summed E-state index contributed by atoms with van der Waals surface area (Å²) in [6, 6.07) is 5.24. The standard InChI is InChI=1S/C13H21N3O4S2/c1-14-10-11-4-3-9-16(11)22(19,20)13-7-5-12(6-8-13)21(17,18)15-2/h5-8,11,14-15H,3-4,9-10H2,1-2H3. The molecule has 0 aromatic heterocycles. The average molecular weight is 347 g/mol. The van der Waals surface area contributed by atoms with Crippen molar-refractivity contribution in [2.75, 3.05) is 27.2 Å². The molecule has 2 rings (SSSR count). The normalized spacial score (nSPS) is 20.4. The van der Waals surface area contributed by atoms with Gasteiger partial charge in [0.05, 0.1) is 9.79 Å². The third kappa shape index (κ3) is 3.33. The molecule has 1 saturated heterocycles. The predicted molar refractivity (Wildman–Crippen MR) is 83.5 cm³/mol. The van der Waals surface area contributed by atoms with E-state index in [-0.39, 0.29) is 15.8 Å². The van der Waals surface area contributed by atoms with Gasteiger partial charge in [0.1, 0.15) is 0 Å². The van der Waals surface area contributed by atoms with E-state index in [1.165, 1.54) is 35.6 Å². The van der Waals surface area contributed by atoms with Crippen molar-refractivity contribution in [1.82, 2.24) is 14.3 Å². The highest BCUT2D eigenvalue weighted by molar-refractivity contribution is 7.89. The summed E-state index contributed by atoms with van der Waals surface area (Å²) in [4.78, 5) is 0.160. The second kappa shape index (κ2) is 6.63. The molecule has 0 bridgehead atoms. The lowest BCUT2D eigenvalue weighted by atomic mass is 10.2. The summed E-state index contributed by atoms with van der Waals surface area (Å²) in [5.41, 5.74) is 0. The Morgan fingerprint density at radius 2 is 1.68 bits per heavy atom. The average Bonchev–Trinajstić information content (AvgIpc) is 2.97. The first-order valence-electron chi connectivity index (χ1n) is 7.03. The van der Waals surface area contributed by atoms with Crippen molar-refractivity contribution in [3.8, 4) is 0 Å². The molecule has 1 fully saturated rings. The summed E-state index contributed by atoms with van der Waals surface area (Å²) in [6.45, 7) is 1.09. The number of nitrogens with zero attached hydrogens (tertiary/aromatic N) is 1. The summed E-state index contributed by atoms with van der Waals surface area (Å²) >= 11 is 0. The van der Waals surface area contributed by atoms with Gasteiger partial charge in [-0.3, -0.25) is 0 Å². The fraction of sp³-hybridized carbons (Fsp3) is 0.538. The fourth-order valence-corrected chi connectivity index (χ4v) is 5.03. The molecule has 124 valence electrons. The maximum absolute atomic E-state index is 12.7. The van der Waals surface area contributed by atoms with E-state index < -0.39 is 20.0 Å². The highest BCUT2D eigenvalue weighted by Crippen LogP contribution is 2.26. The van der Waals surface area contributed by atoms with Crippen molar-refractivity contribution >= 4 is 20.0 Å². The van der Waals surface area contributed by atoms with E-state index in [1.807, 2.05) is 0 Å².